The number of piperazine rings is 1. The van der Waals surface area contributed by atoms with Crippen LogP contribution in [0.15, 0.2) is 23.1 Å². The minimum Gasteiger partial charge on any atom is -0.340 e. The Labute approximate surface area is 119 Å². The third-order valence-electron chi connectivity index (χ3n) is 3.25. The van der Waals surface area contributed by atoms with Crippen molar-refractivity contribution in [2.45, 2.75) is 25.2 Å². The molecule has 0 radical (unpaired) electrons. The van der Waals surface area contributed by atoms with E-state index in [0.717, 1.165) is 31.9 Å². The summed E-state index contributed by atoms with van der Waals surface area (Å²) in [6.45, 7) is 7.79. The van der Waals surface area contributed by atoms with E-state index < -0.39 is 0 Å². The van der Waals surface area contributed by atoms with Crippen LogP contribution >= 0.6 is 11.8 Å². The molecule has 1 fully saturated rings. The molecule has 1 amide bonds. The fourth-order valence-electron chi connectivity index (χ4n) is 2.34. The van der Waals surface area contributed by atoms with Gasteiger partial charge in [-0.3, -0.25) is 4.79 Å². The van der Waals surface area contributed by atoms with E-state index >= 15 is 0 Å². The van der Waals surface area contributed by atoms with Gasteiger partial charge in [0.1, 0.15) is 0 Å². The van der Waals surface area contributed by atoms with Gasteiger partial charge in [0.15, 0.2) is 0 Å². The van der Waals surface area contributed by atoms with Gasteiger partial charge in [-0.1, -0.05) is 6.07 Å². The van der Waals surface area contributed by atoms with E-state index in [1.165, 1.54) is 16.0 Å². The summed E-state index contributed by atoms with van der Waals surface area (Å²) < 4.78 is 0. The highest BCUT2D eigenvalue weighted by Gasteiger charge is 2.15. The number of nitrogens with zero attached hydrogens (tertiary/aromatic N) is 1. The zero-order valence-corrected chi connectivity index (χ0v) is 12.6. The quantitative estimate of drug-likeness (QED) is 0.857. The molecule has 1 aromatic rings. The summed E-state index contributed by atoms with van der Waals surface area (Å²) in [4.78, 5) is 15.2. The lowest BCUT2D eigenvalue weighted by Crippen LogP contribution is -2.46. The van der Waals surface area contributed by atoms with Crippen LogP contribution in [0.1, 0.15) is 17.5 Å². The van der Waals surface area contributed by atoms with Crippen LogP contribution in [-0.2, 0) is 4.79 Å². The molecule has 0 saturated carbocycles. The Morgan fingerprint density at radius 1 is 1.21 bits per heavy atom. The molecular weight excluding hydrogens is 256 g/mol. The van der Waals surface area contributed by atoms with Crippen molar-refractivity contribution in [1.82, 2.24) is 10.2 Å². The maximum absolute atomic E-state index is 12.0. The molecule has 2 rings (SSSR count). The van der Waals surface area contributed by atoms with Crippen molar-refractivity contribution < 1.29 is 4.79 Å². The molecule has 4 heteroatoms. The van der Waals surface area contributed by atoms with Gasteiger partial charge in [-0.15, -0.1) is 11.8 Å². The number of carbonyl (C=O) groups is 1. The molecule has 1 saturated heterocycles. The number of rotatable bonds is 4. The van der Waals surface area contributed by atoms with Crippen molar-refractivity contribution in [2.24, 2.45) is 0 Å². The van der Waals surface area contributed by atoms with Crippen LogP contribution in [0, 0.1) is 13.8 Å². The molecule has 1 aromatic carbocycles. The van der Waals surface area contributed by atoms with E-state index in [1.807, 2.05) is 4.90 Å². The Kier molecular flexibility index (Phi) is 5.28. The second-order valence-corrected chi connectivity index (χ2v) is 6.22. The molecule has 1 aliphatic heterocycles. The first kappa shape index (κ1) is 14.4. The highest BCUT2D eigenvalue weighted by molar-refractivity contribution is 7.99. The summed E-state index contributed by atoms with van der Waals surface area (Å²) in [5.41, 5.74) is 2.58. The van der Waals surface area contributed by atoms with Crippen LogP contribution < -0.4 is 5.32 Å². The summed E-state index contributed by atoms with van der Waals surface area (Å²) >= 11 is 1.78. The lowest BCUT2D eigenvalue weighted by atomic mass is 10.2. The normalized spacial score (nSPS) is 15.6. The Hall–Kier alpha value is -1.00. The van der Waals surface area contributed by atoms with Gasteiger partial charge in [0.2, 0.25) is 5.91 Å². The molecule has 1 aliphatic rings. The topological polar surface area (TPSA) is 32.3 Å². The molecule has 0 unspecified atom stereocenters. The molecule has 0 bridgehead atoms. The summed E-state index contributed by atoms with van der Waals surface area (Å²) in [5.74, 6) is 1.16. The predicted molar refractivity (Wildman–Crippen MR) is 80.7 cm³/mol. The first-order valence-corrected chi connectivity index (χ1v) is 7.83. The number of hydrogen-bond donors (Lipinski definition) is 1. The van der Waals surface area contributed by atoms with Gasteiger partial charge in [0.25, 0.3) is 0 Å². The monoisotopic (exact) mass is 278 g/mol. The van der Waals surface area contributed by atoms with Gasteiger partial charge in [-0.05, 0) is 37.1 Å². The van der Waals surface area contributed by atoms with Crippen molar-refractivity contribution in [3.63, 3.8) is 0 Å². The van der Waals surface area contributed by atoms with Crippen LogP contribution in [0.3, 0.4) is 0 Å². The average molecular weight is 278 g/mol. The fraction of sp³-hybridized carbons (Fsp3) is 0.533. The number of thioether (sulfide) groups is 1. The SMILES string of the molecule is Cc1cc(C)cc(SCCC(=O)N2CCNCC2)c1. The Morgan fingerprint density at radius 3 is 2.47 bits per heavy atom. The second kappa shape index (κ2) is 6.96. The standard InChI is InChI=1S/C15H22N2OS/c1-12-9-13(2)11-14(10-12)19-8-3-15(18)17-6-4-16-5-7-17/h9-11,16H,3-8H2,1-2H3. The highest BCUT2D eigenvalue weighted by atomic mass is 32.2. The van der Waals surface area contributed by atoms with E-state index in [-0.39, 0.29) is 0 Å². The lowest BCUT2D eigenvalue weighted by molar-refractivity contribution is -0.131. The van der Waals surface area contributed by atoms with Crippen LogP contribution in [-0.4, -0.2) is 42.7 Å². The van der Waals surface area contributed by atoms with Crippen molar-refractivity contribution >= 4 is 17.7 Å². The third kappa shape index (κ3) is 4.55. The van der Waals surface area contributed by atoms with Crippen LogP contribution in [0.5, 0.6) is 0 Å². The largest absolute Gasteiger partial charge is 0.340 e. The van der Waals surface area contributed by atoms with E-state index in [1.54, 1.807) is 11.8 Å². The van der Waals surface area contributed by atoms with Crippen molar-refractivity contribution in [3.8, 4) is 0 Å². The molecular formula is C15H22N2OS. The molecule has 0 atom stereocenters. The number of aryl methyl sites for hydroxylation is 2. The Morgan fingerprint density at radius 2 is 1.84 bits per heavy atom. The van der Waals surface area contributed by atoms with E-state index in [2.05, 4.69) is 37.4 Å². The Bertz CT molecular complexity index is 422. The van der Waals surface area contributed by atoms with Gasteiger partial charge >= 0.3 is 0 Å². The smallest absolute Gasteiger partial charge is 0.223 e. The summed E-state index contributed by atoms with van der Waals surface area (Å²) in [7, 11) is 0. The molecule has 0 aliphatic carbocycles. The van der Waals surface area contributed by atoms with Crippen LogP contribution in [0.2, 0.25) is 0 Å². The predicted octanol–water partition coefficient (Wildman–Crippen LogP) is 2.22. The van der Waals surface area contributed by atoms with Gasteiger partial charge in [0, 0.05) is 43.2 Å². The minimum atomic E-state index is 0.290. The molecule has 19 heavy (non-hydrogen) atoms. The summed E-state index contributed by atoms with van der Waals surface area (Å²) in [5, 5.41) is 3.26. The van der Waals surface area contributed by atoms with E-state index in [9.17, 15) is 4.79 Å². The lowest BCUT2D eigenvalue weighted by Gasteiger charge is -2.27. The fourth-order valence-corrected chi connectivity index (χ4v) is 3.40. The maximum Gasteiger partial charge on any atom is 0.223 e. The Balaban J connectivity index is 1.77. The van der Waals surface area contributed by atoms with E-state index in [0.29, 0.717) is 12.3 Å². The third-order valence-corrected chi connectivity index (χ3v) is 4.23. The summed E-state index contributed by atoms with van der Waals surface area (Å²) in [6, 6.07) is 6.55. The van der Waals surface area contributed by atoms with Gasteiger partial charge in [-0.25, -0.2) is 0 Å². The molecule has 1 N–H and O–H groups in total. The number of hydrogen-bond acceptors (Lipinski definition) is 3. The number of benzene rings is 1. The van der Waals surface area contributed by atoms with E-state index in [4.69, 9.17) is 0 Å². The average Bonchev–Trinajstić information content (AvgIpc) is 2.38. The highest BCUT2D eigenvalue weighted by Crippen LogP contribution is 2.22. The van der Waals surface area contributed by atoms with Crippen molar-refractivity contribution in [2.75, 3.05) is 31.9 Å². The van der Waals surface area contributed by atoms with Gasteiger partial charge < -0.3 is 10.2 Å². The van der Waals surface area contributed by atoms with Crippen molar-refractivity contribution in [1.29, 1.82) is 0 Å². The first-order valence-electron chi connectivity index (χ1n) is 6.85. The minimum absolute atomic E-state index is 0.290. The van der Waals surface area contributed by atoms with Gasteiger partial charge in [0.05, 0.1) is 0 Å². The zero-order valence-electron chi connectivity index (χ0n) is 11.7. The molecule has 1 heterocycles. The van der Waals surface area contributed by atoms with Gasteiger partial charge in [-0.2, -0.15) is 0 Å². The molecule has 0 spiro atoms. The maximum atomic E-state index is 12.0. The number of amides is 1. The van der Waals surface area contributed by atoms with Crippen LogP contribution in [0.25, 0.3) is 0 Å². The first-order chi connectivity index (χ1) is 9.15. The summed E-state index contributed by atoms with van der Waals surface area (Å²) in [6.07, 6.45) is 0.637. The second-order valence-electron chi connectivity index (χ2n) is 5.05. The molecule has 0 aromatic heterocycles. The zero-order chi connectivity index (χ0) is 13.7. The molecule has 104 valence electrons. The van der Waals surface area contributed by atoms with Crippen LogP contribution in [0.4, 0.5) is 0 Å². The molecule has 3 nitrogen and oxygen atoms in total. The number of nitrogens with one attached hydrogen (secondary N) is 1. The van der Waals surface area contributed by atoms with Crippen molar-refractivity contribution in [3.05, 3.63) is 29.3 Å². The number of carbonyl (C=O) groups excluding carboxylic acids is 1.